The molecule has 5 heteroatoms. The summed E-state index contributed by atoms with van der Waals surface area (Å²) in [4.78, 5) is 21.3. The van der Waals surface area contributed by atoms with Crippen LogP contribution in [0, 0.1) is 5.41 Å². The first kappa shape index (κ1) is 10.9. The van der Waals surface area contributed by atoms with Gasteiger partial charge >= 0.3 is 5.97 Å². The van der Waals surface area contributed by atoms with Gasteiger partial charge in [0.15, 0.2) is 0 Å². The van der Waals surface area contributed by atoms with Crippen LogP contribution < -0.4 is 5.73 Å². The smallest absolute Gasteiger partial charge is 0.318 e. The number of carbonyl (C=O) groups is 2. The van der Waals surface area contributed by atoms with Gasteiger partial charge < -0.3 is 15.9 Å². The van der Waals surface area contributed by atoms with Gasteiger partial charge in [-0.1, -0.05) is 0 Å². The second-order valence-electron chi connectivity index (χ2n) is 2.83. The summed E-state index contributed by atoms with van der Waals surface area (Å²) in [7, 11) is 0. The molecule has 0 aliphatic carbocycles. The van der Waals surface area contributed by atoms with Crippen LogP contribution in [0.1, 0.15) is 19.8 Å². The third kappa shape index (κ3) is 2.20. The summed E-state index contributed by atoms with van der Waals surface area (Å²) in [5.41, 5.74) is 3.36. The molecule has 0 fully saturated rings. The summed E-state index contributed by atoms with van der Waals surface area (Å²) in [6, 6.07) is 0. The third-order valence-electron chi connectivity index (χ3n) is 1.85. The minimum atomic E-state index is -1.55. The van der Waals surface area contributed by atoms with E-state index in [9.17, 15) is 9.59 Å². The maximum Gasteiger partial charge on any atom is 0.318 e. The van der Waals surface area contributed by atoms with Gasteiger partial charge in [0.1, 0.15) is 5.41 Å². The molecule has 0 radical (unpaired) electrons. The highest BCUT2D eigenvalue weighted by Gasteiger charge is 2.38. The quantitative estimate of drug-likeness (QED) is 0.482. The maximum absolute atomic E-state index is 10.7. The van der Waals surface area contributed by atoms with E-state index >= 15 is 0 Å². The Morgan fingerprint density at radius 2 is 2.00 bits per heavy atom. The SMILES string of the molecule is CC(CCCO)(C(N)=O)C(=O)O. The fourth-order valence-electron chi connectivity index (χ4n) is 0.768. The molecule has 1 amide bonds. The van der Waals surface area contributed by atoms with Crippen LogP contribution in [0.3, 0.4) is 0 Å². The number of aliphatic hydroxyl groups is 1. The Bertz CT molecular complexity index is 176. The second-order valence-corrected chi connectivity index (χ2v) is 2.83. The Hall–Kier alpha value is -1.10. The molecule has 0 aromatic heterocycles. The summed E-state index contributed by atoms with van der Waals surface area (Å²) in [6.07, 6.45) is 0.319. The van der Waals surface area contributed by atoms with Crippen molar-refractivity contribution in [2.75, 3.05) is 6.61 Å². The van der Waals surface area contributed by atoms with E-state index in [0.717, 1.165) is 0 Å². The van der Waals surface area contributed by atoms with Crippen molar-refractivity contribution in [2.45, 2.75) is 19.8 Å². The zero-order valence-electron chi connectivity index (χ0n) is 6.91. The van der Waals surface area contributed by atoms with Gasteiger partial charge in [-0.15, -0.1) is 0 Å². The summed E-state index contributed by atoms with van der Waals surface area (Å²) >= 11 is 0. The molecule has 0 aromatic rings. The zero-order chi connectivity index (χ0) is 9.78. The molecule has 0 rings (SSSR count). The minimum absolute atomic E-state index is 0.0637. The van der Waals surface area contributed by atoms with Crippen molar-refractivity contribution in [2.24, 2.45) is 11.1 Å². The fourth-order valence-corrected chi connectivity index (χ4v) is 0.768. The van der Waals surface area contributed by atoms with Gasteiger partial charge in [0.05, 0.1) is 0 Å². The Balaban J connectivity index is 4.40. The Kier molecular flexibility index (Phi) is 3.69. The second kappa shape index (κ2) is 4.06. The number of hydrogen-bond donors (Lipinski definition) is 3. The molecule has 1 unspecified atom stereocenters. The summed E-state index contributed by atoms with van der Waals surface area (Å²) < 4.78 is 0. The van der Waals surface area contributed by atoms with Gasteiger partial charge in [0.25, 0.3) is 0 Å². The highest BCUT2D eigenvalue weighted by atomic mass is 16.4. The van der Waals surface area contributed by atoms with E-state index in [-0.39, 0.29) is 19.4 Å². The summed E-state index contributed by atoms with van der Waals surface area (Å²) in [6.45, 7) is 1.11. The molecule has 0 aliphatic heterocycles. The molecular formula is C7H13NO4. The minimum Gasteiger partial charge on any atom is -0.480 e. The van der Waals surface area contributed by atoms with Crippen molar-refractivity contribution in [3.63, 3.8) is 0 Å². The Labute approximate surface area is 70.2 Å². The van der Waals surface area contributed by atoms with Gasteiger partial charge in [-0.25, -0.2) is 0 Å². The van der Waals surface area contributed by atoms with Crippen molar-refractivity contribution < 1.29 is 19.8 Å². The van der Waals surface area contributed by atoms with Crippen molar-refractivity contribution >= 4 is 11.9 Å². The molecule has 4 N–H and O–H groups in total. The zero-order valence-corrected chi connectivity index (χ0v) is 6.91. The molecule has 0 saturated carbocycles. The Morgan fingerprint density at radius 3 is 2.25 bits per heavy atom. The lowest BCUT2D eigenvalue weighted by atomic mass is 9.85. The first-order valence-electron chi connectivity index (χ1n) is 3.59. The Morgan fingerprint density at radius 1 is 1.50 bits per heavy atom. The number of rotatable bonds is 5. The number of nitrogens with two attached hydrogens (primary N) is 1. The van der Waals surface area contributed by atoms with E-state index in [1.807, 2.05) is 0 Å². The average Bonchev–Trinajstić information content (AvgIpc) is 1.99. The molecule has 0 saturated heterocycles. The van der Waals surface area contributed by atoms with E-state index in [1.165, 1.54) is 6.92 Å². The van der Waals surface area contributed by atoms with E-state index in [4.69, 9.17) is 15.9 Å². The number of carboxylic acids is 1. The van der Waals surface area contributed by atoms with Gasteiger partial charge in [-0.3, -0.25) is 9.59 Å². The monoisotopic (exact) mass is 175 g/mol. The first-order chi connectivity index (χ1) is 5.45. The molecule has 1 atom stereocenters. The molecule has 0 bridgehead atoms. The number of carboxylic acid groups (broad SMARTS) is 1. The van der Waals surface area contributed by atoms with Gasteiger partial charge in [-0.05, 0) is 19.8 Å². The molecule has 0 spiro atoms. The first-order valence-corrected chi connectivity index (χ1v) is 3.59. The van der Waals surface area contributed by atoms with Crippen molar-refractivity contribution in [1.82, 2.24) is 0 Å². The van der Waals surface area contributed by atoms with Gasteiger partial charge in [0.2, 0.25) is 5.91 Å². The van der Waals surface area contributed by atoms with E-state index < -0.39 is 17.3 Å². The van der Waals surface area contributed by atoms with Gasteiger partial charge in [-0.2, -0.15) is 0 Å². The molecule has 0 heterocycles. The molecule has 12 heavy (non-hydrogen) atoms. The van der Waals surface area contributed by atoms with E-state index in [1.54, 1.807) is 0 Å². The van der Waals surface area contributed by atoms with Crippen LogP contribution in [0.2, 0.25) is 0 Å². The standard InChI is InChI=1S/C7H13NO4/c1-7(5(8)10,6(11)12)3-2-4-9/h9H,2-4H2,1H3,(H2,8,10)(H,11,12). The number of hydrogen-bond acceptors (Lipinski definition) is 3. The van der Waals surface area contributed by atoms with Crippen LogP contribution >= 0.6 is 0 Å². The largest absolute Gasteiger partial charge is 0.480 e. The normalized spacial score (nSPS) is 15.2. The lowest BCUT2D eigenvalue weighted by molar-refractivity contribution is -0.154. The highest BCUT2D eigenvalue weighted by Crippen LogP contribution is 2.22. The molecule has 0 aromatic carbocycles. The molecular weight excluding hydrogens is 162 g/mol. The summed E-state index contributed by atoms with van der Waals surface area (Å²) in [5, 5.41) is 17.1. The number of carbonyl (C=O) groups excluding carboxylic acids is 1. The van der Waals surface area contributed by atoms with Gasteiger partial charge in [0, 0.05) is 6.61 Å². The predicted molar refractivity (Wildman–Crippen MR) is 41.3 cm³/mol. The molecule has 0 aliphatic rings. The van der Waals surface area contributed by atoms with Crippen LogP contribution in [0.5, 0.6) is 0 Å². The fraction of sp³-hybridized carbons (Fsp3) is 0.714. The van der Waals surface area contributed by atoms with Crippen LogP contribution in [0.15, 0.2) is 0 Å². The maximum atomic E-state index is 10.7. The molecule has 70 valence electrons. The highest BCUT2D eigenvalue weighted by molar-refractivity contribution is 6.00. The van der Waals surface area contributed by atoms with Crippen molar-refractivity contribution in [1.29, 1.82) is 0 Å². The van der Waals surface area contributed by atoms with Crippen molar-refractivity contribution in [3.8, 4) is 0 Å². The van der Waals surface area contributed by atoms with Crippen LogP contribution in [-0.2, 0) is 9.59 Å². The predicted octanol–water partition coefficient (Wildman–Crippen LogP) is -0.665. The lowest BCUT2D eigenvalue weighted by Gasteiger charge is -2.19. The van der Waals surface area contributed by atoms with E-state index in [2.05, 4.69) is 0 Å². The van der Waals surface area contributed by atoms with Crippen LogP contribution in [-0.4, -0.2) is 28.7 Å². The molecule has 5 nitrogen and oxygen atoms in total. The number of aliphatic hydroxyl groups excluding tert-OH is 1. The lowest BCUT2D eigenvalue weighted by Crippen LogP contribution is -2.41. The average molecular weight is 175 g/mol. The van der Waals surface area contributed by atoms with Crippen LogP contribution in [0.4, 0.5) is 0 Å². The number of aliphatic carboxylic acids is 1. The third-order valence-corrected chi connectivity index (χ3v) is 1.85. The summed E-state index contributed by atoms with van der Waals surface area (Å²) in [5.74, 6) is -2.12. The topological polar surface area (TPSA) is 101 Å². The van der Waals surface area contributed by atoms with E-state index in [0.29, 0.717) is 0 Å². The number of primary amides is 1. The van der Waals surface area contributed by atoms with Crippen LogP contribution in [0.25, 0.3) is 0 Å². The number of amides is 1. The van der Waals surface area contributed by atoms with Crippen molar-refractivity contribution in [3.05, 3.63) is 0 Å².